The molecule has 0 heterocycles. The van der Waals surface area contributed by atoms with Gasteiger partial charge < -0.3 is 19.3 Å². The van der Waals surface area contributed by atoms with Crippen LogP contribution < -0.4 is 19.6 Å². The van der Waals surface area contributed by atoms with Gasteiger partial charge in [0.25, 0.3) is 5.91 Å². The Morgan fingerprint density at radius 2 is 1.72 bits per heavy atom. The molecule has 0 aliphatic heterocycles. The number of carboxylic acids is 1. The summed E-state index contributed by atoms with van der Waals surface area (Å²) in [5, 5.41) is 12.7. The van der Waals surface area contributed by atoms with E-state index < -0.39 is 18.5 Å². The van der Waals surface area contributed by atoms with Crippen molar-refractivity contribution in [3.63, 3.8) is 0 Å². The standard InChI is InChI=1S/C20H21BrN2O6/c1-3-27-17-7-5-13(10-18(17)28-4-2)20(26)23-22-11-14-9-15(21)6-8-16(14)29-12-19(24)25/h5-11H,3-4,12H2,1-2H3,(H,23,26)(H,24,25)/b22-11+. The molecule has 2 aromatic rings. The van der Waals surface area contributed by atoms with E-state index in [9.17, 15) is 9.59 Å². The summed E-state index contributed by atoms with van der Waals surface area (Å²) in [6, 6.07) is 9.87. The van der Waals surface area contributed by atoms with Gasteiger partial charge in [-0.2, -0.15) is 5.10 Å². The average molecular weight is 465 g/mol. The van der Waals surface area contributed by atoms with Gasteiger partial charge in [0, 0.05) is 15.6 Å². The first-order chi connectivity index (χ1) is 13.9. The Kier molecular flexibility index (Phi) is 8.47. The van der Waals surface area contributed by atoms with E-state index >= 15 is 0 Å². The van der Waals surface area contributed by atoms with E-state index in [0.29, 0.717) is 41.6 Å². The second kappa shape index (κ2) is 11.1. The van der Waals surface area contributed by atoms with Crippen LogP contribution in [-0.4, -0.2) is 43.0 Å². The molecule has 8 nitrogen and oxygen atoms in total. The molecule has 2 aromatic carbocycles. The number of hydrazone groups is 1. The SMILES string of the molecule is CCOc1ccc(C(=O)N/N=C/c2cc(Br)ccc2OCC(=O)O)cc1OCC. The Bertz CT molecular complexity index is 901. The summed E-state index contributed by atoms with van der Waals surface area (Å²) in [5.74, 6) is -0.169. The van der Waals surface area contributed by atoms with Gasteiger partial charge in [-0.3, -0.25) is 4.79 Å². The fraction of sp³-hybridized carbons (Fsp3) is 0.250. The minimum absolute atomic E-state index is 0.327. The van der Waals surface area contributed by atoms with Gasteiger partial charge >= 0.3 is 5.97 Å². The number of rotatable bonds is 10. The molecule has 2 rings (SSSR count). The Balaban J connectivity index is 2.12. The Morgan fingerprint density at radius 1 is 1.03 bits per heavy atom. The van der Waals surface area contributed by atoms with E-state index in [2.05, 4.69) is 26.5 Å². The van der Waals surface area contributed by atoms with Crippen molar-refractivity contribution in [3.05, 3.63) is 52.0 Å². The van der Waals surface area contributed by atoms with Gasteiger partial charge in [-0.25, -0.2) is 10.2 Å². The van der Waals surface area contributed by atoms with Crippen LogP contribution in [0.15, 0.2) is 46.0 Å². The number of hydrogen-bond acceptors (Lipinski definition) is 6. The van der Waals surface area contributed by atoms with Gasteiger partial charge in [0.1, 0.15) is 5.75 Å². The molecular formula is C20H21BrN2O6. The zero-order valence-corrected chi connectivity index (χ0v) is 17.6. The molecule has 0 saturated carbocycles. The number of nitrogens with one attached hydrogen (secondary N) is 1. The molecule has 1 amide bonds. The minimum atomic E-state index is -1.09. The highest BCUT2D eigenvalue weighted by Gasteiger charge is 2.11. The predicted octanol–water partition coefficient (Wildman–Crippen LogP) is 3.47. The first kappa shape index (κ1) is 22.2. The van der Waals surface area contributed by atoms with Crippen molar-refractivity contribution in [1.82, 2.24) is 5.43 Å². The van der Waals surface area contributed by atoms with Crippen LogP contribution in [0.1, 0.15) is 29.8 Å². The maximum Gasteiger partial charge on any atom is 0.341 e. The molecule has 9 heteroatoms. The lowest BCUT2D eigenvalue weighted by Gasteiger charge is -2.11. The van der Waals surface area contributed by atoms with E-state index in [-0.39, 0.29) is 0 Å². The van der Waals surface area contributed by atoms with E-state index in [0.717, 1.165) is 4.47 Å². The first-order valence-electron chi connectivity index (χ1n) is 8.81. The summed E-state index contributed by atoms with van der Waals surface area (Å²) in [6.07, 6.45) is 1.37. The monoisotopic (exact) mass is 464 g/mol. The molecular weight excluding hydrogens is 444 g/mol. The lowest BCUT2D eigenvalue weighted by atomic mass is 10.2. The van der Waals surface area contributed by atoms with Gasteiger partial charge in [-0.15, -0.1) is 0 Å². The fourth-order valence-electron chi connectivity index (χ4n) is 2.31. The highest BCUT2D eigenvalue weighted by Crippen LogP contribution is 2.28. The van der Waals surface area contributed by atoms with E-state index in [1.165, 1.54) is 6.21 Å². The van der Waals surface area contributed by atoms with Crippen LogP contribution in [-0.2, 0) is 4.79 Å². The maximum atomic E-state index is 12.4. The third-order valence-corrected chi connectivity index (χ3v) is 3.99. The van der Waals surface area contributed by atoms with Crippen molar-refractivity contribution < 1.29 is 28.9 Å². The molecule has 0 fully saturated rings. The molecule has 154 valence electrons. The third-order valence-electron chi connectivity index (χ3n) is 3.50. The van der Waals surface area contributed by atoms with Crippen molar-refractivity contribution in [2.45, 2.75) is 13.8 Å². The van der Waals surface area contributed by atoms with Crippen molar-refractivity contribution in [1.29, 1.82) is 0 Å². The van der Waals surface area contributed by atoms with Gasteiger partial charge in [0.2, 0.25) is 0 Å². The lowest BCUT2D eigenvalue weighted by Crippen LogP contribution is -2.18. The second-order valence-corrected chi connectivity index (χ2v) is 6.51. The highest BCUT2D eigenvalue weighted by atomic mass is 79.9. The maximum absolute atomic E-state index is 12.4. The van der Waals surface area contributed by atoms with Gasteiger partial charge in [0.05, 0.1) is 19.4 Å². The van der Waals surface area contributed by atoms with Gasteiger partial charge in [0.15, 0.2) is 18.1 Å². The Hall–Kier alpha value is -3.07. The number of carboxylic acid groups (broad SMARTS) is 1. The van der Waals surface area contributed by atoms with Crippen molar-refractivity contribution in [3.8, 4) is 17.2 Å². The number of carbonyl (C=O) groups excluding carboxylic acids is 1. The number of carbonyl (C=O) groups is 2. The summed E-state index contributed by atoms with van der Waals surface area (Å²) in [7, 11) is 0. The van der Waals surface area contributed by atoms with Crippen molar-refractivity contribution >= 4 is 34.0 Å². The van der Waals surface area contributed by atoms with Crippen molar-refractivity contribution in [2.24, 2.45) is 5.10 Å². The number of ether oxygens (including phenoxy) is 3. The molecule has 0 atom stereocenters. The average Bonchev–Trinajstić information content (AvgIpc) is 2.68. The molecule has 0 aliphatic rings. The number of halogens is 1. The quantitative estimate of drug-likeness (QED) is 0.411. The zero-order chi connectivity index (χ0) is 21.2. The zero-order valence-electron chi connectivity index (χ0n) is 16.0. The largest absolute Gasteiger partial charge is 0.490 e. The van der Waals surface area contributed by atoms with E-state index in [1.807, 2.05) is 13.8 Å². The first-order valence-corrected chi connectivity index (χ1v) is 9.61. The lowest BCUT2D eigenvalue weighted by molar-refractivity contribution is -0.139. The molecule has 0 aromatic heterocycles. The van der Waals surface area contributed by atoms with Crippen LogP contribution in [0.4, 0.5) is 0 Å². The third kappa shape index (κ3) is 6.79. The van der Waals surface area contributed by atoms with Gasteiger partial charge in [-0.05, 0) is 50.2 Å². The van der Waals surface area contributed by atoms with E-state index in [4.69, 9.17) is 19.3 Å². The van der Waals surface area contributed by atoms with Crippen LogP contribution in [0, 0.1) is 0 Å². The molecule has 0 bridgehead atoms. The number of benzene rings is 2. The van der Waals surface area contributed by atoms with Crippen molar-refractivity contribution in [2.75, 3.05) is 19.8 Å². The summed E-state index contributed by atoms with van der Waals surface area (Å²) < 4.78 is 17.0. The second-order valence-electron chi connectivity index (χ2n) is 5.59. The number of amides is 1. The van der Waals surface area contributed by atoms with Crippen LogP contribution in [0.3, 0.4) is 0 Å². The number of aliphatic carboxylic acids is 1. The minimum Gasteiger partial charge on any atom is -0.490 e. The molecule has 29 heavy (non-hydrogen) atoms. The summed E-state index contributed by atoms with van der Waals surface area (Å²) in [6.45, 7) is 4.14. The molecule has 0 radical (unpaired) electrons. The summed E-state index contributed by atoms with van der Waals surface area (Å²) in [4.78, 5) is 23.1. The number of hydrogen-bond donors (Lipinski definition) is 2. The summed E-state index contributed by atoms with van der Waals surface area (Å²) >= 11 is 3.33. The Morgan fingerprint density at radius 3 is 2.41 bits per heavy atom. The number of nitrogens with zero attached hydrogens (tertiary/aromatic N) is 1. The summed E-state index contributed by atoms with van der Waals surface area (Å²) in [5.41, 5.74) is 3.28. The van der Waals surface area contributed by atoms with Gasteiger partial charge in [-0.1, -0.05) is 15.9 Å². The van der Waals surface area contributed by atoms with Crippen LogP contribution in [0.25, 0.3) is 0 Å². The molecule has 2 N–H and O–H groups in total. The Labute approximate surface area is 176 Å². The molecule has 0 aliphatic carbocycles. The van der Waals surface area contributed by atoms with Crippen LogP contribution in [0.5, 0.6) is 17.2 Å². The van der Waals surface area contributed by atoms with Crippen LogP contribution in [0.2, 0.25) is 0 Å². The normalized spacial score (nSPS) is 10.6. The smallest absolute Gasteiger partial charge is 0.341 e. The topological polar surface area (TPSA) is 106 Å². The molecule has 0 spiro atoms. The predicted molar refractivity (Wildman–Crippen MR) is 111 cm³/mol. The van der Waals surface area contributed by atoms with E-state index in [1.54, 1.807) is 36.4 Å². The molecule has 0 unspecified atom stereocenters. The highest BCUT2D eigenvalue weighted by molar-refractivity contribution is 9.10. The fourth-order valence-corrected chi connectivity index (χ4v) is 2.69. The molecule has 0 saturated heterocycles. The van der Waals surface area contributed by atoms with Crippen LogP contribution >= 0.6 is 15.9 Å².